The van der Waals surface area contributed by atoms with E-state index in [9.17, 15) is 78.3 Å². The predicted octanol–water partition coefficient (Wildman–Crippen LogP) is -1.03. The van der Waals surface area contributed by atoms with Crippen LogP contribution in [0, 0.1) is 5.92 Å². The molecule has 754 valence electrons. The Morgan fingerprint density at radius 3 is 1.78 bits per heavy atom. The molecule has 0 saturated carbocycles. The standard InChI is InChI=1S/C94H128N20O24S/c1-9-11-21-72-87(131)103-64(36-51(3)4)84(128)108-70(82(126)99-45-76(96)117)49-139-50-77(118)100-67(37-53-25-27-57(115)28-26-53)90(134)109(6)52(5)81(125)106-69(42-79(121)122)93(137)113-35-17-24-73(113)88(132)104-65(38-54-32-34-97-43-54)85(129)102-63(29-30-78(119)120)92(136)114-47-58(116)41-75(114)89(133)105-66(39-55-44-98-61-20-15-13-18-59(55)61)86(130)101-62(31-33-95)83(127)107-68(91(135)111(8)74(22-12-10-2)94(138)110(72)7)40-56-46-112(48-80(123)124)71-23-16-14-19-60(56)71/h13-16,18-20,23,25-28,34,43-44,46,51-52,58,62-70,72-75,98,115-116H,9-12,17,21-22,24,29-33,35-42,45,47-50,95H2,1-8H3,(H2,96,117)(H,99,126)(H,100,118)(H,101,130)(H,102,129)(H,103,131)(H,104,132)(H,105,133)(H,106,125)(H,107,127)(H,108,128)(H,119,120)(H,121,122)(H,123,124)/t52-,58+,62-,63-,64-,65-,66-,67-,68-,69-,70-,72-,73-,74-,75-/m0/s1. The molecule has 20 N–H and O–H groups in total. The molecule has 6 heterocycles. The molecule has 15 atom stereocenters. The Balaban J connectivity index is 1.12. The minimum absolute atomic E-state index is 0.0172. The molecule has 45 heteroatoms. The third-order valence-electron chi connectivity index (χ3n) is 24.9. The highest BCUT2D eigenvalue weighted by atomic mass is 32.2. The van der Waals surface area contributed by atoms with Gasteiger partial charge >= 0.3 is 17.9 Å². The van der Waals surface area contributed by atoms with Crippen LogP contribution in [0.4, 0.5) is 0 Å². The summed E-state index contributed by atoms with van der Waals surface area (Å²) in [4.78, 5) is 288. The summed E-state index contributed by atoms with van der Waals surface area (Å²) in [5.74, 6) is -21.5. The van der Waals surface area contributed by atoms with Gasteiger partial charge in [0.25, 0.3) is 0 Å². The van der Waals surface area contributed by atoms with Crippen molar-refractivity contribution in [2.75, 3.05) is 58.8 Å². The summed E-state index contributed by atoms with van der Waals surface area (Å²) in [6.07, 6.45) is 1.31. The lowest BCUT2D eigenvalue weighted by Crippen LogP contribution is -2.61. The van der Waals surface area contributed by atoms with Gasteiger partial charge in [-0.05, 0) is 117 Å². The molecule has 16 amide bonds. The van der Waals surface area contributed by atoms with Gasteiger partial charge in [0, 0.05) is 125 Å². The number of carbonyl (C=O) groups is 19. The molecule has 139 heavy (non-hydrogen) atoms. The minimum atomic E-state index is -1.94. The van der Waals surface area contributed by atoms with E-state index in [4.69, 9.17) is 11.5 Å². The molecule has 3 fully saturated rings. The summed E-state index contributed by atoms with van der Waals surface area (Å²) in [5.41, 5.74) is 14.3. The van der Waals surface area contributed by atoms with Crippen LogP contribution in [0.5, 0.6) is 5.75 Å². The number of thioether (sulfide) groups is 1. The number of amides is 16. The van der Waals surface area contributed by atoms with Gasteiger partial charge in [0.1, 0.15) is 96.9 Å². The third-order valence-corrected chi connectivity index (χ3v) is 26.0. The fourth-order valence-corrected chi connectivity index (χ4v) is 18.2. The van der Waals surface area contributed by atoms with Crippen LogP contribution in [0.15, 0.2) is 102 Å². The van der Waals surface area contributed by atoms with Gasteiger partial charge in [-0.1, -0.05) is 102 Å². The number of aliphatic hydroxyl groups excluding tert-OH is 1. The molecule has 9 rings (SSSR count). The number of likely N-dealkylation sites (N-methyl/N-ethyl adjacent to an activating group) is 3. The van der Waals surface area contributed by atoms with Crippen molar-refractivity contribution < 1.29 is 117 Å². The summed E-state index contributed by atoms with van der Waals surface area (Å²) in [7, 11) is 3.84. The molecule has 0 spiro atoms. The molecule has 0 aliphatic carbocycles. The lowest BCUT2D eigenvalue weighted by Gasteiger charge is -2.36. The average Bonchev–Trinajstić information content (AvgIpc) is 1.66. The van der Waals surface area contributed by atoms with E-state index in [2.05, 4.69) is 63.1 Å². The number of aromatic hydroxyl groups is 1. The quantitative estimate of drug-likeness (QED) is 0.0285. The Hall–Kier alpha value is -13.9. The summed E-state index contributed by atoms with van der Waals surface area (Å²) in [6, 6.07) is -3.65. The number of carboxylic acids is 3. The molecule has 4 aliphatic rings. The Morgan fingerprint density at radius 1 is 0.568 bits per heavy atom. The zero-order valence-corrected chi connectivity index (χ0v) is 79.9. The number of carbonyl (C=O) groups excluding carboxylic acids is 16. The average molecular weight is 1950 g/mol. The van der Waals surface area contributed by atoms with Gasteiger partial charge in [-0.25, -0.2) is 0 Å². The summed E-state index contributed by atoms with van der Waals surface area (Å²) in [6.45, 7) is 5.98. The van der Waals surface area contributed by atoms with Crippen LogP contribution >= 0.6 is 11.8 Å². The van der Waals surface area contributed by atoms with Crippen molar-refractivity contribution in [2.24, 2.45) is 22.4 Å². The number of aliphatic carboxylic acids is 3. The number of unbranched alkanes of at least 4 members (excludes halogenated alkanes) is 2. The molecule has 3 saturated heterocycles. The van der Waals surface area contributed by atoms with Crippen LogP contribution in [0.25, 0.3) is 21.8 Å². The van der Waals surface area contributed by atoms with Crippen LogP contribution < -0.4 is 64.6 Å². The second kappa shape index (κ2) is 51.5. The van der Waals surface area contributed by atoms with E-state index >= 15 is 38.4 Å². The van der Waals surface area contributed by atoms with Crippen molar-refractivity contribution in [2.45, 2.75) is 254 Å². The van der Waals surface area contributed by atoms with Crippen LogP contribution in [-0.4, -0.2) is 328 Å². The van der Waals surface area contributed by atoms with E-state index in [1.165, 1.54) is 75.5 Å². The highest BCUT2D eigenvalue weighted by Gasteiger charge is 2.47. The number of para-hydroxylation sites is 2. The van der Waals surface area contributed by atoms with Crippen molar-refractivity contribution in [1.29, 1.82) is 0 Å². The Labute approximate surface area is 806 Å². The number of nitrogens with two attached hydrogens (primary N) is 2. The number of phenols is 1. The zero-order valence-electron chi connectivity index (χ0n) is 79.0. The third kappa shape index (κ3) is 30.3. The summed E-state index contributed by atoms with van der Waals surface area (Å²) < 4.78 is 1.42. The molecule has 4 aliphatic heterocycles. The van der Waals surface area contributed by atoms with Gasteiger partial charge in [0.05, 0.1) is 24.8 Å². The first kappa shape index (κ1) is 109. The second-order valence-electron chi connectivity index (χ2n) is 35.8. The van der Waals surface area contributed by atoms with E-state index < -0.39 is 266 Å². The van der Waals surface area contributed by atoms with Crippen molar-refractivity contribution >= 4 is 152 Å². The molecule has 5 aromatic rings. The number of H-pyrrole nitrogens is 1. The van der Waals surface area contributed by atoms with Crippen LogP contribution in [0.1, 0.15) is 154 Å². The number of hydrogen-bond acceptors (Lipinski definition) is 24. The number of aliphatic hydroxyl groups is 1. The van der Waals surface area contributed by atoms with Crippen LogP contribution in [0.2, 0.25) is 0 Å². The summed E-state index contributed by atoms with van der Waals surface area (Å²) in [5, 5.41) is 79.6. The number of phenolic OH excluding ortho intramolecular Hbond substituents is 1. The normalized spacial score (nSPS) is 24.8. The molecular weight excluding hydrogens is 1830 g/mol. The molecule has 0 unspecified atom stereocenters. The molecule has 44 nitrogen and oxygen atoms in total. The van der Waals surface area contributed by atoms with Crippen LogP contribution in [-0.2, 0) is 117 Å². The first-order chi connectivity index (χ1) is 66.1. The fourth-order valence-electron chi connectivity index (χ4n) is 17.4. The maximum absolute atomic E-state index is 16.0. The van der Waals surface area contributed by atoms with Crippen molar-refractivity contribution in [3.05, 3.63) is 114 Å². The van der Waals surface area contributed by atoms with Gasteiger partial charge < -0.3 is 124 Å². The van der Waals surface area contributed by atoms with Gasteiger partial charge in [0.2, 0.25) is 94.5 Å². The lowest BCUT2D eigenvalue weighted by atomic mass is 9.99. The van der Waals surface area contributed by atoms with E-state index in [0.717, 1.165) is 36.3 Å². The number of carboxylic acid groups (broad SMARTS) is 3. The molecule has 2 aromatic heterocycles. The van der Waals surface area contributed by atoms with E-state index in [1.54, 1.807) is 68.6 Å². The SMILES string of the molecule is CCCC[C@H]1C(=O)N(C)[C@@H](CCCC)C(=O)N[C@@H](CC(C)C)C(=O)N[C@H](C(=O)NCC(N)=O)CSCC(=O)N[C@@H](Cc2ccc(O)cc2)C(=O)N(C)[C@@H](C)C(=O)N[C@@H](CC(=O)O)C(=O)N2CCC[C@H]2C(=O)N[C@@H](CC2=CN=CC2)C(=O)N[C@@H](CCC(=O)O)C(=O)N2C[C@H](O)C[C@H]2C(=O)N[C@@H](Cc2c[nH]c3ccccc23)C(=O)N[C@@H](CCN)C(=O)N[C@@H](Cc2cn(CC(=O)O)c3ccccc23)C(=O)N1C. The first-order valence-corrected chi connectivity index (χ1v) is 47.7. The number of nitrogens with zero attached hydrogens (tertiary/aromatic N) is 7. The van der Waals surface area contributed by atoms with E-state index in [1.807, 2.05) is 13.8 Å². The van der Waals surface area contributed by atoms with Crippen molar-refractivity contribution in [3.63, 3.8) is 0 Å². The highest BCUT2D eigenvalue weighted by Crippen LogP contribution is 2.30. The summed E-state index contributed by atoms with van der Waals surface area (Å²) >= 11 is 0.763. The monoisotopic (exact) mass is 1950 g/mol. The van der Waals surface area contributed by atoms with Gasteiger partial charge in [-0.2, -0.15) is 0 Å². The van der Waals surface area contributed by atoms with Gasteiger partial charge in [-0.15, -0.1) is 11.8 Å². The Kier molecular flexibility index (Phi) is 40.3. The number of primary amides is 1. The fraction of sp³-hybridized carbons (Fsp3) is 0.532. The molecule has 0 radical (unpaired) electrons. The first-order valence-electron chi connectivity index (χ1n) is 46.5. The van der Waals surface area contributed by atoms with Gasteiger partial charge in [-0.3, -0.25) is 96.1 Å². The maximum atomic E-state index is 16.0. The van der Waals surface area contributed by atoms with E-state index in [-0.39, 0.29) is 89.0 Å². The number of aromatic amines is 1. The largest absolute Gasteiger partial charge is 0.508 e. The second-order valence-corrected chi connectivity index (χ2v) is 36.9. The number of aliphatic imine (C=N–C) groups is 1. The van der Waals surface area contributed by atoms with Crippen molar-refractivity contribution in [1.82, 2.24) is 87.2 Å². The minimum Gasteiger partial charge on any atom is -0.508 e. The zero-order chi connectivity index (χ0) is 102. The molecular formula is C94H128N20O24S. The number of nitrogens with one attached hydrogen (secondary N) is 11. The number of rotatable bonds is 28. The van der Waals surface area contributed by atoms with Crippen molar-refractivity contribution in [3.8, 4) is 5.75 Å². The lowest BCUT2D eigenvalue weighted by molar-refractivity contribution is -0.149. The highest BCUT2D eigenvalue weighted by molar-refractivity contribution is 8.00. The number of fused-ring (bicyclic) bond motifs is 4. The number of benzene rings is 3. The maximum Gasteiger partial charge on any atom is 0.323 e. The van der Waals surface area contributed by atoms with Gasteiger partial charge in [0.15, 0.2) is 0 Å². The Morgan fingerprint density at radius 2 is 1.14 bits per heavy atom. The smallest absolute Gasteiger partial charge is 0.323 e. The number of hydrogen-bond donors (Lipinski definition) is 18. The Bertz CT molecular complexity index is 5390. The molecule has 0 bridgehead atoms. The predicted molar refractivity (Wildman–Crippen MR) is 507 cm³/mol. The topological polar surface area (TPSA) is 647 Å². The van der Waals surface area contributed by atoms with E-state index in [0.29, 0.717) is 69.8 Å². The number of aromatic nitrogens is 2. The van der Waals surface area contributed by atoms with Crippen LogP contribution in [0.3, 0.4) is 0 Å². The molecule has 3 aromatic carbocycles.